The first-order chi connectivity index (χ1) is 13.2. The van der Waals surface area contributed by atoms with E-state index in [1.54, 1.807) is 19.1 Å². The number of carbonyl (C=O) groups is 2. The molecule has 0 atom stereocenters. The Morgan fingerprint density at radius 2 is 1.82 bits per heavy atom. The van der Waals surface area contributed by atoms with E-state index in [0.717, 1.165) is 0 Å². The molecule has 0 aliphatic rings. The van der Waals surface area contributed by atoms with Crippen molar-refractivity contribution in [3.63, 3.8) is 0 Å². The normalized spacial score (nSPS) is 11.1. The molecule has 0 saturated heterocycles. The van der Waals surface area contributed by atoms with Gasteiger partial charge in [0.2, 0.25) is 10.0 Å². The molecule has 2 aromatic carbocycles. The first-order valence-electron chi connectivity index (χ1n) is 8.48. The van der Waals surface area contributed by atoms with Crippen molar-refractivity contribution in [2.24, 2.45) is 0 Å². The summed E-state index contributed by atoms with van der Waals surface area (Å²) < 4.78 is 44.3. The number of benzene rings is 2. The highest BCUT2D eigenvalue weighted by Gasteiger charge is 2.16. The second kappa shape index (κ2) is 9.43. The van der Waals surface area contributed by atoms with Crippen molar-refractivity contribution in [2.45, 2.75) is 18.4 Å². The molecule has 0 fully saturated rings. The van der Waals surface area contributed by atoms with Gasteiger partial charge in [-0.2, -0.15) is 0 Å². The van der Waals surface area contributed by atoms with Crippen LogP contribution in [-0.4, -0.2) is 45.4 Å². The third-order valence-corrected chi connectivity index (χ3v) is 5.36. The third kappa shape index (κ3) is 5.86. The van der Waals surface area contributed by atoms with Crippen molar-refractivity contribution in [1.82, 2.24) is 9.62 Å². The van der Waals surface area contributed by atoms with Crippen molar-refractivity contribution in [3.8, 4) is 0 Å². The van der Waals surface area contributed by atoms with E-state index in [9.17, 15) is 22.4 Å². The molecule has 1 N–H and O–H groups in total. The van der Waals surface area contributed by atoms with Gasteiger partial charge in [-0.1, -0.05) is 19.1 Å². The van der Waals surface area contributed by atoms with Gasteiger partial charge in [0, 0.05) is 20.1 Å². The van der Waals surface area contributed by atoms with Gasteiger partial charge >= 0.3 is 5.97 Å². The number of carbonyl (C=O) groups excluding carboxylic acids is 2. The van der Waals surface area contributed by atoms with Crippen molar-refractivity contribution < 1.29 is 27.1 Å². The molecule has 0 spiro atoms. The van der Waals surface area contributed by atoms with Crippen LogP contribution in [0.15, 0.2) is 53.4 Å². The van der Waals surface area contributed by atoms with Gasteiger partial charge in [0.1, 0.15) is 5.82 Å². The summed E-state index contributed by atoms with van der Waals surface area (Å²) in [7, 11) is -2.10. The van der Waals surface area contributed by atoms with Crippen LogP contribution in [0.2, 0.25) is 0 Å². The number of esters is 1. The Morgan fingerprint density at radius 3 is 2.43 bits per heavy atom. The fourth-order valence-corrected chi connectivity index (χ4v) is 3.40. The topological polar surface area (TPSA) is 92.8 Å². The molecule has 150 valence electrons. The van der Waals surface area contributed by atoms with Gasteiger partial charge in [-0.3, -0.25) is 4.79 Å². The summed E-state index contributed by atoms with van der Waals surface area (Å²) in [5.41, 5.74) is 0.732. The van der Waals surface area contributed by atoms with Crippen LogP contribution in [0, 0.1) is 5.82 Å². The van der Waals surface area contributed by atoms with E-state index in [0.29, 0.717) is 5.56 Å². The summed E-state index contributed by atoms with van der Waals surface area (Å²) in [6.45, 7) is 1.59. The van der Waals surface area contributed by atoms with E-state index in [2.05, 4.69) is 4.72 Å². The van der Waals surface area contributed by atoms with E-state index in [1.165, 1.54) is 48.3 Å². The molecular formula is C19H21FN2O5S. The van der Waals surface area contributed by atoms with Crippen LogP contribution in [0.1, 0.15) is 22.8 Å². The molecule has 0 unspecified atom stereocenters. The first kappa shape index (κ1) is 21.5. The van der Waals surface area contributed by atoms with E-state index < -0.39 is 34.3 Å². The van der Waals surface area contributed by atoms with Crippen LogP contribution in [0.5, 0.6) is 0 Å². The highest BCUT2D eigenvalue weighted by atomic mass is 32.2. The van der Waals surface area contributed by atoms with Gasteiger partial charge in [0.15, 0.2) is 6.61 Å². The number of halogens is 1. The first-order valence-corrected chi connectivity index (χ1v) is 9.96. The number of nitrogens with one attached hydrogen (secondary N) is 1. The Labute approximate surface area is 163 Å². The Kier molecular flexibility index (Phi) is 7.24. The van der Waals surface area contributed by atoms with Crippen LogP contribution in [0.25, 0.3) is 0 Å². The number of amides is 1. The van der Waals surface area contributed by atoms with E-state index in [4.69, 9.17) is 4.74 Å². The van der Waals surface area contributed by atoms with Gasteiger partial charge in [0.05, 0.1) is 10.5 Å². The lowest BCUT2D eigenvalue weighted by Crippen LogP contribution is -2.30. The molecule has 0 bridgehead atoms. The lowest BCUT2D eigenvalue weighted by molar-refractivity contribution is -0.133. The van der Waals surface area contributed by atoms with Gasteiger partial charge in [0.25, 0.3) is 5.91 Å². The Hall–Kier alpha value is -2.78. The third-order valence-electron chi connectivity index (χ3n) is 3.80. The van der Waals surface area contributed by atoms with Crippen molar-refractivity contribution in [1.29, 1.82) is 0 Å². The molecule has 2 aromatic rings. The van der Waals surface area contributed by atoms with Gasteiger partial charge < -0.3 is 9.64 Å². The average molecular weight is 408 g/mol. The zero-order chi connectivity index (χ0) is 20.7. The summed E-state index contributed by atoms with van der Waals surface area (Å²) in [5, 5.41) is 0. The highest BCUT2D eigenvalue weighted by Crippen LogP contribution is 2.12. The minimum atomic E-state index is -3.61. The van der Waals surface area contributed by atoms with Crippen LogP contribution >= 0.6 is 0 Å². The summed E-state index contributed by atoms with van der Waals surface area (Å²) in [4.78, 5) is 25.5. The standard InChI is InChI=1S/C19H21FN2O5S/c1-3-21-28(25,26)17-9-7-15(8-10-17)19(24)27-13-18(23)22(2)12-14-5-4-6-16(20)11-14/h4-11,21H,3,12-13H2,1-2H3. The fraction of sp³-hybridized carbons (Fsp3) is 0.263. The van der Waals surface area contributed by atoms with E-state index in [1.807, 2.05) is 0 Å². The maximum atomic E-state index is 13.2. The predicted octanol–water partition coefficient (Wildman–Crippen LogP) is 1.94. The van der Waals surface area contributed by atoms with Crippen LogP contribution in [0.4, 0.5) is 4.39 Å². The highest BCUT2D eigenvalue weighted by molar-refractivity contribution is 7.89. The number of likely N-dealkylation sites (N-methyl/N-ethyl adjacent to an activating group) is 1. The second-order valence-electron chi connectivity index (χ2n) is 5.98. The zero-order valence-corrected chi connectivity index (χ0v) is 16.3. The summed E-state index contributed by atoms with van der Waals surface area (Å²) >= 11 is 0. The fourth-order valence-electron chi connectivity index (χ4n) is 2.36. The quantitative estimate of drug-likeness (QED) is 0.674. The monoisotopic (exact) mass is 408 g/mol. The summed E-state index contributed by atoms with van der Waals surface area (Å²) in [5.74, 6) is -1.60. The summed E-state index contributed by atoms with van der Waals surface area (Å²) in [6, 6.07) is 11.0. The molecular weight excluding hydrogens is 387 g/mol. The minimum Gasteiger partial charge on any atom is -0.452 e. The Balaban J connectivity index is 1.91. The lowest BCUT2D eigenvalue weighted by Gasteiger charge is -2.17. The molecule has 0 aliphatic carbocycles. The van der Waals surface area contributed by atoms with Crippen LogP contribution in [-0.2, 0) is 26.1 Å². The molecule has 2 rings (SSSR count). The number of hydrogen-bond donors (Lipinski definition) is 1. The van der Waals surface area contributed by atoms with Crippen LogP contribution in [0.3, 0.4) is 0 Å². The molecule has 9 heteroatoms. The zero-order valence-electron chi connectivity index (χ0n) is 15.5. The molecule has 1 amide bonds. The molecule has 0 heterocycles. The largest absolute Gasteiger partial charge is 0.452 e. The molecule has 0 aliphatic heterocycles. The molecule has 0 saturated carbocycles. The van der Waals surface area contributed by atoms with Crippen LogP contribution < -0.4 is 4.72 Å². The smallest absolute Gasteiger partial charge is 0.338 e. The number of sulfonamides is 1. The number of rotatable bonds is 8. The number of nitrogens with zero attached hydrogens (tertiary/aromatic N) is 1. The van der Waals surface area contributed by atoms with Crippen molar-refractivity contribution in [3.05, 3.63) is 65.5 Å². The Morgan fingerprint density at radius 1 is 1.14 bits per heavy atom. The molecule has 0 aromatic heterocycles. The lowest BCUT2D eigenvalue weighted by atomic mass is 10.2. The van der Waals surface area contributed by atoms with Crippen molar-refractivity contribution >= 4 is 21.9 Å². The SMILES string of the molecule is CCNS(=O)(=O)c1ccc(C(=O)OCC(=O)N(C)Cc2cccc(F)c2)cc1. The minimum absolute atomic E-state index is 0.0248. The van der Waals surface area contributed by atoms with Gasteiger partial charge in [-0.05, 0) is 42.0 Å². The Bertz CT molecular complexity index is 945. The molecule has 28 heavy (non-hydrogen) atoms. The van der Waals surface area contributed by atoms with E-state index >= 15 is 0 Å². The van der Waals surface area contributed by atoms with Gasteiger partial charge in [-0.15, -0.1) is 0 Å². The molecule has 0 radical (unpaired) electrons. The summed E-state index contributed by atoms with van der Waals surface area (Å²) in [6.07, 6.45) is 0. The average Bonchev–Trinajstić information content (AvgIpc) is 2.66. The van der Waals surface area contributed by atoms with Gasteiger partial charge in [-0.25, -0.2) is 22.3 Å². The van der Waals surface area contributed by atoms with E-state index in [-0.39, 0.29) is 23.5 Å². The predicted molar refractivity (Wildman–Crippen MR) is 100 cm³/mol. The maximum Gasteiger partial charge on any atom is 0.338 e. The van der Waals surface area contributed by atoms with Crippen molar-refractivity contribution in [2.75, 3.05) is 20.2 Å². The number of hydrogen-bond acceptors (Lipinski definition) is 5. The maximum absolute atomic E-state index is 13.2. The second-order valence-corrected chi connectivity index (χ2v) is 7.75. The molecule has 7 nitrogen and oxygen atoms in total. The number of ether oxygens (including phenoxy) is 1.